The van der Waals surface area contributed by atoms with Gasteiger partial charge in [-0.2, -0.15) is 0 Å². The van der Waals surface area contributed by atoms with E-state index in [0.717, 1.165) is 21.9 Å². The number of benzene rings is 3. The van der Waals surface area contributed by atoms with Gasteiger partial charge < -0.3 is 15.0 Å². The molecule has 2 amide bonds. The fourth-order valence-corrected chi connectivity index (χ4v) is 5.92. The fourth-order valence-electron chi connectivity index (χ4n) is 4.31. The topological polar surface area (TPSA) is 96.0 Å². The summed E-state index contributed by atoms with van der Waals surface area (Å²) in [5.41, 5.74) is 1.76. The Balaban J connectivity index is 2.08. The van der Waals surface area contributed by atoms with Gasteiger partial charge in [0.25, 0.3) is 10.0 Å². The normalized spacial score (nSPS) is 12.7. The van der Waals surface area contributed by atoms with Crippen LogP contribution in [-0.4, -0.2) is 50.9 Å². The van der Waals surface area contributed by atoms with E-state index in [1.807, 2.05) is 33.8 Å². The Morgan fingerprint density at radius 1 is 0.976 bits per heavy atom. The number of hydrogen-bond donors (Lipinski definition) is 1. The minimum absolute atomic E-state index is 0.0328. The van der Waals surface area contributed by atoms with E-state index in [1.54, 1.807) is 55.6 Å². The van der Waals surface area contributed by atoms with Crippen molar-refractivity contribution in [3.8, 4) is 5.75 Å². The largest absolute Gasteiger partial charge is 0.497 e. The van der Waals surface area contributed by atoms with Crippen LogP contribution in [0.25, 0.3) is 0 Å². The number of hydrogen-bond acceptors (Lipinski definition) is 5. The second-order valence-electron chi connectivity index (χ2n) is 9.87. The maximum Gasteiger partial charge on any atom is 0.264 e. The zero-order valence-electron chi connectivity index (χ0n) is 24.1. The van der Waals surface area contributed by atoms with E-state index >= 15 is 0 Å². The summed E-state index contributed by atoms with van der Waals surface area (Å²) in [7, 11) is -2.61. The lowest BCUT2D eigenvalue weighted by atomic mass is 10.1. The van der Waals surface area contributed by atoms with Crippen LogP contribution in [0.3, 0.4) is 0 Å². The van der Waals surface area contributed by atoms with Crippen LogP contribution < -0.4 is 14.4 Å². The van der Waals surface area contributed by atoms with Crippen LogP contribution in [0.5, 0.6) is 5.75 Å². The highest BCUT2D eigenvalue weighted by Crippen LogP contribution is 2.29. The van der Waals surface area contributed by atoms with Crippen LogP contribution in [0.2, 0.25) is 5.02 Å². The molecule has 0 aliphatic carbocycles. The van der Waals surface area contributed by atoms with Crippen molar-refractivity contribution in [1.82, 2.24) is 10.2 Å². The highest BCUT2D eigenvalue weighted by atomic mass is 35.5. The molecule has 8 nitrogen and oxygen atoms in total. The van der Waals surface area contributed by atoms with E-state index in [4.69, 9.17) is 16.3 Å². The smallest absolute Gasteiger partial charge is 0.264 e. The quantitative estimate of drug-likeness (QED) is 0.277. The number of aryl methyl sites for hydroxylation is 1. The molecular formula is C31H38ClN3O5S. The minimum Gasteiger partial charge on any atom is -0.497 e. The number of rotatable bonds is 13. The van der Waals surface area contributed by atoms with E-state index in [-0.39, 0.29) is 29.1 Å². The van der Waals surface area contributed by atoms with E-state index in [1.165, 1.54) is 23.1 Å². The lowest BCUT2D eigenvalue weighted by molar-refractivity contribution is -0.140. The average molecular weight is 600 g/mol. The predicted molar refractivity (Wildman–Crippen MR) is 163 cm³/mol. The molecule has 3 rings (SSSR count). The highest BCUT2D eigenvalue weighted by Gasteiger charge is 2.34. The molecule has 0 saturated carbocycles. The summed E-state index contributed by atoms with van der Waals surface area (Å²) < 4.78 is 34.2. The van der Waals surface area contributed by atoms with Crippen LogP contribution in [0, 0.1) is 6.92 Å². The standard InChI is InChI=1S/C31H38ClN3O5S/c1-6-23(4)33-31(37)29(7-2)34(20-24-12-11-13-26(18-24)40-5)30(36)21-35(25-17-16-22(3)28(32)19-25)41(38,39)27-14-9-8-10-15-27/h8-19,23,29H,6-7,20-21H2,1-5H3,(H,33,37)/t23-,29-/m0/s1. The van der Waals surface area contributed by atoms with E-state index in [2.05, 4.69) is 5.32 Å². The van der Waals surface area contributed by atoms with Gasteiger partial charge in [0, 0.05) is 17.6 Å². The number of anilines is 1. The number of amides is 2. The molecule has 0 radical (unpaired) electrons. The van der Waals surface area contributed by atoms with Crippen molar-refractivity contribution in [2.75, 3.05) is 18.0 Å². The molecule has 3 aromatic carbocycles. The molecule has 0 saturated heterocycles. The summed E-state index contributed by atoms with van der Waals surface area (Å²) in [6.07, 6.45) is 1.06. The molecule has 41 heavy (non-hydrogen) atoms. The molecule has 0 fully saturated rings. The molecule has 3 aromatic rings. The molecule has 220 valence electrons. The summed E-state index contributed by atoms with van der Waals surface area (Å²) in [6, 6.07) is 19.1. The van der Waals surface area contributed by atoms with Gasteiger partial charge in [0.05, 0.1) is 17.7 Å². The van der Waals surface area contributed by atoms with Gasteiger partial charge >= 0.3 is 0 Å². The van der Waals surface area contributed by atoms with Gasteiger partial charge in [-0.15, -0.1) is 0 Å². The first-order valence-electron chi connectivity index (χ1n) is 13.6. The summed E-state index contributed by atoms with van der Waals surface area (Å²) in [6.45, 7) is 7.04. The first-order chi connectivity index (χ1) is 19.5. The fraction of sp³-hybridized carbons (Fsp3) is 0.355. The second kappa shape index (κ2) is 14.4. The van der Waals surface area contributed by atoms with E-state index in [9.17, 15) is 18.0 Å². The highest BCUT2D eigenvalue weighted by molar-refractivity contribution is 7.92. The number of halogens is 1. The number of sulfonamides is 1. The summed E-state index contributed by atoms with van der Waals surface area (Å²) in [5.74, 6) is -0.223. The summed E-state index contributed by atoms with van der Waals surface area (Å²) in [4.78, 5) is 29.0. The maximum absolute atomic E-state index is 14.2. The Morgan fingerprint density at radius 2 is 1.68 bits per heavy atom. The number of nitrogens with one attached hydrogen (secondary N) is 1. The van der Waals surface area contributed by atoms with Crippen LogP contribution in [0.1, 0.15) is 44.7 Å². The first-order valence-corrected chi connectivity index (χ1v) is 15.4. The Morgan fingerprint density at radius 3 is 2.29 bits per heavy atom. The molecule has 0 heterocycles. The molecule has 1 N–H and O–H groups in total. The third-order valence-electron chi connectivity index (χ3n) is 6.93. The number of carbonyl (C=O) groups excluding carboxylic acids is 2. The molecule has 0 spiro atoms. The van der Waals surface area contributed by atoms with Crippen molar-refractivity contribution in [3.63, 3.8) is 0 Å². The Kier molecular flexibility index (Phi) is 11.2. The van der Waals surface area contributed by atoms with Crippen molar-refractivity contribution in [2.45, 2.75) is 64.1 Å². The molecule has 0 aliphatic rings. The van der Waals surface area contributed by atoms with Crippen molar-refractivity contribution in [2.24, 2.45) is 0 Å². The second-order valence-corrected chi connectivity index (χ2v) is 12.1. The molecule has 10 heteroatoms. The first kappa shape index (κ1) is 32.0. The SMILES string of the molecule is CC[C@H](C)NC(=O)[C@H](CC)N(Cc1cccc(OC)c1)C(=O)CN(c1ccc(C)c(Cl)c1)S(=O)(=O)c1ccccc1. The number of carbonyl (C=O) groups is 2. The number of methoxy groups -OCH3 is 1. The summed E-state index contributed by atoms with van der Waals surface area (Å²) >= 11 is 6.38. The molecular weight excluding hydrogens is 562 g/mol. The van der Waals surface area contributed by atoms with Crippen molar-refractivity contribution >= 4 is 39.1 Å². The third-order valence-corrected chi connectivity index (χ3v) is 9.12. The molecule has 0 bridgehead atoms. The van der Waals surface area contributed by atoms with Gasteiger partial charge in [-0.25, -0.2) is 8.42 Å². The lowest BCUT2D eigenvalue weighted by Gasteiger charge is -2.34. The molecule has 0 aromatic heterocycles. The number of ether oxygens (including phenoxy) is 1. The van der Waals surface area contributed by atoms with Crippen LogP contribution >= 0.6 is 11.6 Å². The third kappa shape index (κ3) is 8.01. The van der Waals surface area contributed by atoms with Gasteiger partial charge in [0.2, 0.25) is 11.8 Å². The molecule has 0 aliphatic heterocycles. The zero-order valence-corrected chi connectivity index (χ0v) is 25.7. The minimum atomic E-state index is -4.16. The average Bonchev–Trinajstić information content (AvgIpc) is 2.97. The maximum atomic E-state index is 14.2. The predicted octanol–water partition coefficient (Wildman–Crippen LogP) is 5.57. The molecule has 0 unspecified atom stereocenters. The molecule has 2 atom stereocenters. The van der Waals surface area contributed by atoms with Crippen molar-refractivity contribution in [1.29, 1.82) is 0 Å². The van der Waals surface area contributed by atoms with Gasteiger partial charge in [0.1, 0.15) is 18.3 Å². The van der Waals surface area contributed by atoms with E-state index in [0.29, 0.717) is 17.2 Å². The van der Waals surface area contributed by atoms with Crippen LogP contribution in [0.4, 0.5) is 5.69 Å². The number of nitrogens with zero attached hydrogens (tertiary/aromatic N) is 2. The summed E-state index contributed by atoms with van der Waals surface area (Å²) in [5, 5.41) is 3.34. The van der Waals surface area contributed by atoms with Gasteiger partial charge in [-0.05, 0) is 74.2 Å². The van der Waals surface area contributed by atoms with Crippen molar-refractivity contribution < 1.29 is 22.7 Å². The Bertz CT molecular complexity index is 1450. The van der Waals surface area contributed by atoms with Crippen LogP contribution in [-0.2, 0) is 26.2 Å². The van der Waals surface area contributed by atoms with Gasteiger partial charge in [-0.3, -0.25) is 13.9 Å². The monoisotopic (exact) mass is 599 g/mol. The Hall–Kier alpha value is -3.56. The lowest BCUT2D eigenvalue weighted by Crippen LogP contribution is -2.53. The van der Waals surface area contributed by atoms with Gasteiger partial charge in [-0.1, -0.05) is 61.8 Å². The Labute approximate surface area is 248 Å². The van der Waals surface area contributed by atoms with Crippen molar-refractivity contribution in [3.05, 3.63) is 88.9 Å². The van der Waals surface area contributed by atoms with Crippen LogP contribution in [0.15, 0.2) is 77.7 Å². The van der Waals surface area contributed by atoms with E-state index < -0.39 is 28.5 Å². The zero-order chi connectivity index (χ0) is 30.2. The van der Waals surface area contributed by atoms with Gasteiger partial charge in [0.15, 0.2) is 0 Å².